The number of esters is 1. The van der Waals surface area contributed by atoms with Crippen molar-refractivity contribution in [3.63, 3.8) is 0 Å². The van der Waals surface area contributed by atoms with E-state index < -0.39 is 45.6 Å². The maximum Gasteiger partial charge on any atom is 0.408 e. The summed E-state index contributed by atoms with van der Waals surface area (Å²) in [7, 11) is -2.56. The van der Waals surface area contributed by atoms with Crippen LogP contribution in [0.3, 0.4) is 0 Å². The molecule has 0 saturated carbocycles. The van der Waals surface area contributed by atoms with Gasteiger partial charge < -0.3 is 20.1 Å². The van der Waals surface area contributed by atoms with Crippen molar-refractivity contribution in [1.29, 1.82) is 0 Å². The molecule has 2 N–H and O–H groups in total. The molecule has 200 valence electrons. The van der Waals surface area contributed by atoms with Crippen molar-refractivity contribution in [2.24, 2.45) is 0 Å². The quantitative estimate of drug-likeness (QED) is 0.339. The van der Waals surface area contributed by atoms with Gasteiger partial charge in [-0.25, -0.2) is 18.0 Å². The maximum atomic E-state index is 13.2. The SMILES string of the molecule is COC(=O)[C@H](CCS(=O)(=O)c1ccccc1)NC(=O)[C@H](Cc1ccccc1)NC(=O)OCc1ccccc1. The number of hydrogen-bond acceptors (Lipinski definition) is 7. The van der Waals surface area contributed by atoms with Crippen molar-refractivity contribution in [3.05, 3.63) is 102 Å². The third kappa shape index (κ3) is 8.74. The van der Waals surface area contributed by atoms with E-state index in [4.69, 9.17) is 9.47 Å². The molecule has 2 amide bonds. The first-order valence-corrected chi connectivity index (χ1v) is 13.6. The second-order valence-corrected chi connectivity index (χ2v) is 10.6. The van der Waals surface area contributed by atoms with E-state index >= 15 is 0 Å². The average Bonchev–Trinajstić information content (AvgIpc) is 2.95. The summed E-state index contributed by atoms with van der Waals surface area (Å²) in [5, 5.41) is 5.10. The summed E-state index contributed by atoms with van der Waals surface area (Å²) < 4.78 is 35.5. The predicted octanol–water partition coefficient (Wildman–Crippen LogP) is 3.05. The van der Waals surface area contributed by atoms with Crippen LogP contribution in [0.1, 0.15) is 17.5 Å². The molecule has 0 fully saturated rings. The third-order valence-electron chi connectivity index (χ3n) is 5.68. The summed E-state index contributed by atoms with van der Waals surface area (Å²) in [5.74, 6) is -1.88. The van der Waals surface area contributed by atoms with Crippen LogP contribution >= 0.6 is 0 Å². The molecule has 3 aromatic rings. The van der Waals surface area contributed by atoms with E-state index in [2.05, 4.69) is 10.6 Å². The number of rotatable bonds is 12. The minimum atomic E-state index is -3.70. The monoisotopic (exact) mass is 538 g/mol. The second kappa shape index (κ2) is 13.9. The predicted molar refractivity (Wildman–Crippen MR) is 141 cm³/mol. The Labute approximate surface area is 222 Å². The summed E-state index contributed by atoms with van der Waals surface area (Å²) in [4.78, 5) is 38.3. The molecule has 0 bridgehead atoms. The lowest BCUT2D eigenvalue weighted by molar-refractivity contribution is -0.145. The molecule has 0 spiro atoms. The number of nitrogens with one attached hydrogen (secondary N) is 2. The molecular weight excluding hydrogens is 508 g/mol. The van der Waals surface area contributed by atoms with Crippen LogP contribution in [-0.2, 0) is 41.9 Å². The molecular formula is C28H30N2O7S. The summed E-state index contributed by atoms with van der Waals surface area (Å²) in [6, 6.07) is 23.5. The Morgan fingerprint density at radius 2 is 1.32 bits per heavy atom. The Balaban J connectivity index is 1.70. The fourth-order valence-corrected chi connectivity index (χ4v) is 5.00. The van der Waals surface area contributed by atoms with E-state index in [0.29, 0.717) is 0 Å². The zero-order chi connectivity index (χ0) is 27.4. The largest absolute Gasteiger partial charge is 0.467 e. The van der Waals surface area contributed by atoms with E-state index in [1.165, 1.54) is 12.1 Å². The number of carbonyl (C=O) groups is 3. The Kier molecular flexibility index (Phi) is 10.4. The van der Waals surface area contributed by atoms with Crippen LogP contribution < -0.4 is 10.6 Å². The molecule has 0 aliphatic carbocycles. The average molecular weight is 539 g/mol. The molecule has 0 aliphatic heterocycles. The van der Waals surface area contributed by atoms with Crippen LogP contribution in [0.25, 0.3) is 0 Å². The van der Waals surface area contributed by atoms with E-state index in [1.807, 2.05) is 24.3 Å². The second-order valence-electron chi connectivity index (χ2n) is 8.45. The van der Waals surface area contributed by atoms with E-state index in [0.717, 1.165) is 18.2 Å². The highest BCUT2D eigenvalue weighted by atomic mass is 32.2. The van der Waals surface area contributed by atoms with Gasteiger partial charge in [0.25, 0.3) is 0 Å². The number of ether oxygens (including phenoxy) is 2. The van der Waals surface area contributed by atoms with Gasteiger partial charge in [0, 0.05) is 6.42 Å². The molecule has 0 unspecified atom stereocenters. The molecule has 0 aromatic heterocycles. The smallest absolute Gasteiger partial charge is 0.408 e. The number of amides is 2. The lowest BCUT2D eigenvalue weighted by Crippen LogP contribution is -2.53. The Bertz CT molecular complexity index is 1300. The minimum Gasteiger partial charge on any atom is -0.467 e. The van der Waals surface area contributed by atoms with Crippen LogP contribution in [0.5, 0.6) is 0 Å². The van der Waals surface area contributed by atoms with Crippen molar-refractivity contribution in [2.45, 2.75) is 36.4 Å². The summed E-state index contributed by atoms with van der Waals surface area (Å²) in [5.41, 5.74) is 1.54. The first kappa shape index (κ1) is 28.4. The Morgan fingerprint density at radius 3 is 1.89 bits per heavy atom. The van der Waals surface area contributed by atoms with Crippen LogP contribution in [-0.4, -0.2) is 51.3 Å². The molecule has 0 aliphatic rings. The number of benzene rings is 3. The summed E-state index contributed by atoms with van der Waals surface area (Å²) in [6.07, 6.45) is -0.915. The number of methoxy groups -OCH3 is 1. The van der Waals surface area contributed by atoms with Crippen LogP contribution in [0.15, 0.2) is 95.9 Å². The molecule has 10 heteroatoms. The Hall–Kier alpha value is -4.18. The van der Waals surface area contributed by atoms with Crippen molar-refractivity contribution >= 4 is 27.8 Å². The fraction of sp³-hybridized carbons (Fsp3) is 0.250. The molecule has 38 heavy (non-hydrogen) atoms. The van der Waals surface area contributed by atoms with Crippen LogP contribution in [0.4, 0.5) is 4.79 Å². The van der Waals surface area contributed by atoms with Crippen molar-refractivity contribution in [2.75, 3.05) is 12.9 Å². The third-order valence-corrected chi connectivity index (χ3v) is 7.45. The molecule has 0 heterocycles. The topological polar surface area (TPSA) is 128 Å². The van der Waals surface area contributed by atoms with E-state index in [-0.39, 0.29) is 24.3 Å². The van der Waals surface area contributed by atoms with Crippen molar-refractivity contribution in [3.8, 4) is 0 Å². The standard InChI is InChI=1S/C28H30N2O7S/c1-36-27(32)24(17-18-38(34,35)23-15-9-4-10-16-23)29-26(31)25(19-21-11-5-2-6-12-21)30-28(33)37-20-22-13-7-3-8-14-22/h2-16,24-25H,17-20H2,1H3,(H,29,31)(H,30,33)/t24-,25-/m0/s1. The lowest BCUT2D eigenvalue weighted by atomic mass is 10.0. The molecule has 2 atom stereocenters. The van der Waals surface area contributed by atoms with Gasteiger partial charge in [-0.15, -0.1) is 0 Å². The van der Waals surface area contributed by atoms with Gasteiger partial charge in [-0.1, -0.05) is 78.9 Å². The number of carbonyl (C=O) groups excluding carboxylic acids is 3. The van der Waals surface area contributed by atoms with Gasteiger partial charge in [0.05, 0.1) is 17.8 Å². The van der Waals surface area contributed by atoms with E-state index in [9.17, 15) is 22.8 Å². The van der Waals surface area contributed by atoms with Gasteiger partial charge >= 0.3 is 12.1 Å². The summed E-state index contributed by atoms with van der Waals surface area (Å²) >= 11 is 0. The highest BCUT2D eigenvalue weighted by Gasteiger charge is 2.29. The zero-order valence-corrected chi connectivity index (χ0v) is 21.7. The molecule has 0 saturated heterocycles. The Morgan fingerprint density at radius 1 is 0.763 bits per heavy atom. The van der Waals surface area contributed by atoms with Gasteiger partial charge in [-0.2, -0.15) is 0 Å². The molecule has 9 nitrogen and oxygen atoms in total. The first-order chi connectivity index (χ1) is 18.3. The zero-order valence-electron chi connectivity index (χ0n) is 20.9. The van der Waals surface area contributed by atoms with Crippen LogP contribution in [0, 0.1) is 0 Å². The van der Waals surface area contributed by atoms with Gasteiger partial charge in [0.15, 0.2) is 9.84 Å². The van der Waals surface area contributed by atoms with Gasteiger partial charge in [0.1, 0.15) is 18.7 Å². The van der Waals surface area contributed by atoms with Gasteiger partial charge in [-0.05, 0) is 29.7 Å². The number of alkyl carbamates (subject to hydrolysis) is 1. The lowest BCUT2D eigenvalue weighted by Gasteiger charge is -2.22. The summed E-state index contributed by atoms with van der Waals surface area (Å²) in [6.45, 7) is 0.00841. The molecule has 0 radical (unpaired) electrons. The minimum absolute atomic E-state index is 0.00841. The molecule has 3 aromatic carbocycles. The van der Waals surface area contributed by atoms with Gasteiger partial charge in [-0.3, -0.25) is 4.79 Å². The first-order valence-electron chi connectivity index (χ1n) is 12.0. The fourth-order valence-electron chi connectivity index (χ4n) is 3.65. The number of hydrogen-bond donors (Lipinski definition) is 2. The normalized spacial score (nSPS) is 12.6. The van der Waals surface area contributed by atoms with Crippen molar-refractivity contribution < 1.29 is 32.3 Å². The highest BCUT2D eigenvalue weighted by Crippen LogP contribution is 2.13. The van der Waals surface area contributed by atoms with Gasteiger partial charge in [0.2, 0.25) is 5.91 Å². The van der Waals surface area contributed by atoms with E-state index in [1.54, 1.807) is 54.6 Å². The number of sulfone groups is 1. The molecule has 3 rings (SSSR count). The highest BCUT2D eigenvalue weighted by molar-refractivity contribution is 7.91. The van der Waals surface area contributed by atoms with Crippen LogP contribution in [0.2, 0.25) is 0 Å². The van der Waals surface area contributed by atoms with Crippen molar-refractivity contribution in [1.82, 2.24) is 10.6 Å². The maximum absolute atomic E-state index is 13.2.